The first-order valence-electron chi connectivity index (χ1n) is 7.87. The third-order valence-corrected chi connectivity index (χ3v) is 4.24. The lowest BCUT2D eigenvalue weighted by atomic mass is 9.99. The maximum Gasteiger partial charge on any atom is 0.226 e. The lowest BCUT2D eigenvalue weighted by Gasteiger charge is -2.29. The molecule has 0 aliphatic carbocycles. The number of carbonyl (C=O) groups excluding carboxylic acids is 2. The molecule has 2 amide bonds. The van der Waals surface area contributed by atoms with Crippen molar-refractivity contribution in [3.8, 4) is 0 Å². The Morgan fingerprint density at radius 2 is 1.87 bits per heavy atom. The van der Waals surface area contributed by atoms with Crippen LogP contribution in [-0.2, 0) is 16.0 Å². The molecule has 118 valence electrons. The molecule has 23 heavy (non-hydrogen) atoms. The molecule has 2 aromatic carbocycles. The van der Waals surface area contributed by atoms with Gasteiger partial charge in [0.25, 0.3) is 0 Å². The van der Waals surface area contributed by atoms with Crippen molar-refractivity contribution in [1.82, 2.24) is 0 Å². The molecule has 0 saturated heterocycles. The van der Waals surface area contributed by atoms with Gasteiger partial charge >= 0.3 is 0 Å². The van der Waals surface area contributed by atoms with Gasteiger partial charge in [0.05, 0.1) is 23.8 Å². The largest absolute Gasteiger partial charge is 0.324 e. The molecule has 4 heteroatoms. The van der Waals surface area contributed by atoms with E-state index in [4.69, 9.17) is 0 Å². The monoisotopic (exact) mass is 308 g/mol. The normalized spacial score (nSPS) is 17.2. The fourth-order valence-corrected chi connectivity index (χ4v) is 3.06. The molecule has 1 aliphatic rings. The molecule has 0 spiro atoms. The quantitative estimate of drug-likeness (QED) is 0.920. The number of amides is 2. The first-order valence-corrected chi connectivity index (χ1v) is 7.87. The molecule has 3 rings (SSSR count). The number of aryl methyl sites for hydroxylation is 1. The van der Waals surface area contributed by atoms with Gasteiger partial charge in [0.15, 0.2) is 0 Å². The molecule has 0 unspecified atom stereocenters. The molecular formula is C19H20N2O2. The van der Waals surface area contributed by atoms with Crippen molar-refractivity contribution in [3.05, 3.63) is 59.7 Å². The minimum atomic E-state index is -0.290. The molecule has 0 saturated carbocycles. The number of rotatable bonds is 2. The summed E-state index contributed by atoms with van der Waals surface area (Å²) < 4.78 is 0. The molecule has 1 N–H and O–H groups in total. The number of nitrogens with zero attached hydrogens (tertiary/aromatic N) is 1. The van der Waals surface area contributed by atoms with E-state index in [0.717, 1.165) is 17.7 Å². The second kappa shape index (κ2) is 6.24. The number of carbonyl (C=O) groups is 2. The average Bonchev–Trinajstić information content (AvgIpc) is 2.70. The number of anilines is 2. The number of hydrogen-bond donors (Lipinski definition) is 1. The Bertz CT molecular complexity index is 737. The molecular weight excluding hydrogens is 288 g/mol. The van der Waals surface area contributed by atoms with Gasteiger partial charge in [0.1, 0.15) is 0 Å². The summed E-state index contributed by atoms with van der Waals surface area (Å²) in [6.45, 7) is 3.65. The van der Waals surface area contributed by atoms with Crippen LogP contribution in [0.3, 0.4) is 0 Å². The van der Waals surface area contributed by atoms with Gasteiger partial charge in [-0.05, 0) is 29.7 Å². The van der Waals surface area contributed by atoms with Crippen LogP contribution in [0.25, 0.3) is 0 Å². The maximum absolute atomic E-state index is 12.3. The minimum absolute atomic E-state index is 0.0708. The fourth-order valence-electron chi connectivity index (χ4n) is 3.06. The third kappa shape index (κ3) is 2.97. The highest BCUT2D eigenvalue weighted by Crippen LogP contribution is 2.37. The Balaban J connectivity index is 2.09. The van der Waals surface area contributed by atoms with E-state index in [2.05, 4.69) is 24.4 Å². The van der Waals surface area contributed by atoms with Gasteiger partial charge in [-0.2, -0.15) is 0 Å². The number of para-hydroxylation sites is 2. The van der Waals surface area contributed by atoms with Gasteiger partial charge in [-0.3, -0.25) is 9.59 Å². The number of benzene rings is 2. The van der Waals surface area contributed by atoms with Crippen LogP contribution >= 0.6 is 0 Å². The van der Waals surface area contributed by atoms with E-state index >= 15 is 0 Å². The minimum Gasteiger partial charge on any atom is -0.324 e. The zero-order chi connectivity index (χ0) is 16.4. The van der Waals surface area contributed by atoms with Crippen molar-refractivity contribution in [2.24, 2.45) is 0 Å². The Morgan fingerprint density at radius 1 is 1.17 bits per heavy atom. The van der Waals surface area contributed by atoms with Crippen LogP contribution in [0.15, 0.2) is 48.5 Å². The van der Waals surface area contributed by atoms with E-state index in [1.165, 1.54) is 5.56 Å². The van der Waals surface area contributed by atoms with Crippen molar-refractivity contribution in [3.63, 3.8) is 0 Å². The molecule has 2 aromatic rings. The van der Waals surface area contributed by atoms with Crippen molar-refractivity contribution < 1.29 is 9.59 Å². The van der Waals surface area contributed by atoms with E-state index in [-0.39, 0.29) is 24.3 Å². The summed E-state index contributed by atoms with van der Waals surface area (Å²) in [7, 11) is 0. The van der Waals surface area contributed by atoms with Crippen LogP contribution in [0.2, 0.25) is 0 Å². The predicted molar refractivity (Wildman–Crippen MR) is 91.4 cm³/mol. The van der Waals surface area contributed by atoms with E-state index in [1.807, 2.05) is 36.4 Å². The lowest BCUT2D eigenvalue weighted by molar-refractivity contribution is -0.118. The van der Waals surface area contributed by atoms with Crippen LogP contribution in [0.4, 0.5) is 11.4 Å². The highest BCUT2D eigenvalue weighted by Gasteiger charge is 2.31. The van der Waals surface area contributed by atoms with E-state index in [9.17, 15) is 9.59 Å². The van der Waals surface area contributed by atoms with Gasteiger partial charge in [-0.1, -0.05) is 43.3 Å². The van der Waals surface area contributed by atoms with Gasteiger partial charge in [0, 0.05) is 6.92 Å². The van der Waals surface area contributed by atoms with Crippen molar-refractivity contribution in [2.75, 3.05) is 10.2 Å². The third-order valence-electron chi connectivity index (χ3n) is 4.24. The number of nitrogens with one attached hydrogen (secondary N) is 1. The SMILES string of the molecule is CCc1ccc([C@@H]2CC(=O)Nc3ccccc3N2C(C)=O)cc1. The van der Waals surface area contributed by atoms with Crippen LogP contribution in [0.5, 0.6) is 0 Å². The van der Waals surface area contributed by atoms with Gasteiger partial charge in [0.2, 0.25) is 11.8 Å². The second-order valence-electron chi connectivity index (χ2n) is 5.77. The molecule has 1 aliphatic heterocycles. The fraction of sp³-hybridized carbons (Fsp3) is 0.263. The first-order chi connectivity index (χ1) is 11.1. The number of fused-ring (bicyclic) bond motifs is 1. The molecule has 4 nitrogen and oxygen atoms in total. The van der Waals surface area contributed by atoms with Crippen molar-refractivity contribution in [1.29, 1.82) is 0 Å². The number of hydrogen-bond acceptors (Lipinski definition) is 2. The maximum atomic E-state index is 12.3. The van der Waals surface area contributed by atoms with Gasteiger partial charge < -0.3 is 10.2 Å². The summed E-state index contributed by atoms with van der Waals surface area (Å²) in [6, 6.07) is 15.3. The Kier molecular flexibility index (Phi) is 4.15. The topological polar surface area (TPSA) is 49.4 Å². The molecule has 0 radical (unpaired) electrons. The van der Waals surface area contributed by atoms with Crippen LogP contribution in [-0.4, -0.2) is 11.8 Å². The predicted octanol–water partition coefficient (Wildman–Crippen LogP) is 3.69. The Morgan fingerprint density at radius 3 is 2.52 bits per heavy atom. The first kappa shape index (κ1) is 15.3. The zero-order valence-corrected chi connectivity index (χ0v) is 13.4. The van der Waals surface area contributed by atoms with E-state index in [1.54, 1.807) is 11.8 Å². The van der Waals surface area contributed by atoms with Gasteiger partial charge in [-0.25, -0.2) is 0 Å². The van der Waals surface area contributed by atoms with Crippen molar-refractivity contribution >= 4 is 23.2 Å². The summed E-state index contributed by atoms with van der Waals surface area (Å²) >= 11 is 0. The summed E-state index contributed by atoms with van der Waals surface area (Å²) in [5.74, 6) is -0.149. The summed E-state index contributed by atoms with van der Waals surface area (Å²) in [5.41, 5.74) is 3.64. The Labute approximate surface area is 136 Å². The smallest absolute Gasteiger partial charge is 0.226 e. The van der Waals surface area contributed by atoms with Crippen molar-refractivity contribution in [2.45, 2.75) is 32.7 Å². The van der Waals surface area contributed by atoms with Gasteiger partial charge in [-0.15, -0.1) is 0 Å². The molecule has 1 heterocycles. The van der Waals surface area contributed by atoms with Crippen LogP contribution in [0.1, 0.15) is 37.4 Å². The second-order valence-corrected chi connectivity index (χ2v) is 5.77. The van der Waals surface area contributed by atoms with Crippen LogP contribution in [0, 0.1) is 0 Å². The lowest BCUT2D eigenvalue weighted by Crippen LogP contribution is -2.33. The summed E-state index contributed by atoms with van der Waals surface area (Å²) in [6.07, 6.45) is 1.21. The molecule has 0 bridgehead atoms. The molecule has 0 aromatic heterocycles. The van der Waals surface area contributed by atoms with Crippen LogP contribution < -0.4 is 10.2 Å². The highest BCUT2D eigenvalue weighted by atomic mass is 16.2. The molecule has 0 fully saturated rings. The summed E-state index contributed by atoms with van der Waals surface area (Å²) in [5, 5.41) is 2.90. The van der Waals surface area contributed by atoms with E-state index in [0.29, 0.717) is 5.69 Å². The average molecular weight is 308 g/mol. The summed E-state index contributed by atoms with van der Waals surface area (Å²) in [4.78, 5) is 26.3. The molecule has 1 atom stereocenters. The van der Waals surface area contributed by atoms with E-state index < -0.39 is 0 Å². The Hall–Kier alpha value is -2.62. The highest BCUT2D eigenvalue weighted by molar-refractivity contribution is 6.03. The zero-order valence-electron chi connectivity index (χ0n) is 13.4. The standard InChI is InChI=1S/C19H20N2O2/c1-3-14-8-10-15(11-9-14)18-12-19(23)20-16-6-4-5-7-17(16)21(18)13(2)22/h4-11,18H,3,12H2,1-2H3,(H,20,23)/t18-/m0/s1.